The van der Waals surface area contributed by atoms with Crippen LogP contribution in [0.25, 0.3) is 10.9 Å². The summed E-state index contributed by atoms with van der Waals surface area (Å²) in [6.07, 6.45) is 4.70. The summed E-state index contributed by atoms with van der Waals surface area (Å²) < 4.78 is 2.36. The minimum absolute atomic E-state index is 0.537. The van der Waals surface area contributed by atoms with E-state index in [4.69, 9.17) is 0 Å². The van der Waals surface area contributed by atoms with Crippen LogP contribution in [0.4, 0.5) is 0 Å². The van der Waals surface area contributed by atoms with Gasteiger partial charge in [0.05, 0.1) is 0 Å². The van der Waals surface area contributed by atoms with Crippen LogP contribution in [0.2, 0.25) is 0 Å². The van der Waals surface area contributed by atoms with Crippen LogP contribution in [0.15, 0.2) is 30.5 Å². The molecule has 98 valence electrons. The second kappa shape index (κ2) is 6.05. The summed E-state index contributed by atoms with van der Waals surface area (Å²) in [7, 11) is 0. The summed E-state index contributed by atoms with van der Waals surface area (Å²) in [6, 6.07) is 9.55. The quantitative estimate of drug-likeness (QED) is 0.814. The Hall–Kier alpha value is -1.28. The Kier molecular flexibility index (Phi) is 4.43. The van der Waals surface area contributed by atoms with Crippen molar-refractivity contribution in [1.29, 1.82) is 0 Å². The maximum Gasteiger partial charge on any atom is 0.0480 e. The second-order valence-corrected chi connectivity index (χ2v) is 5.29. The maximum absolute atomic E-state index is 3.46. The maximum atomic E-state index is 3.46. The second-order valence-electron chi connectivity index (χ2n) is 5.29. The van der Waals surface area contributed by atoms with Crippen molar-refractivity contribution in [3.05, 3.63) is 36.0 Å². The van der Waals surface area contributed by atoms with Gasteiger partial charge in [0.15, 0.2) is 0 Å². The van der Waals surface area contributed by atoms with Crippen LogP contribution in [0.1, 0.15) is 39.2 Å². The van der Waals surface area contributed by atoms with Crippen molar-refractivity contribution in [1.82, 2.24) is 9.88 Å². The molecule has 1 aromatic heterocycles. The van der Waals surface area contributed by atoms with E-state index in [2.05, 4.69) is 61.1 Å². The predicted octanol–water partition coefficient (Wildman–Crippen LogP) is 3.94. The van der Waals surface area contributed by atoms with E-state index in [-0.39, 0.29) is 0 Å². The molecule has 0 unspecified atom stereocenters. The van der Waals surface area contributed by atoms with Crippen molar-refractivity contribution in [3.8, 4) is 0 Å². The molecule has 18 heavy (non-hydrogen) atoms. The minimum atomic E-state index is 0.537. The predicted molar refractivity (Wildman–Crippen MR) is 78.8 cm³/mol. The summed E-state index contributed by atoms with van der Waals surface area (Å²) in [5, 5.41) is 4.82. The topological polar surface area (TPSA) is 17.0 Å². The van der Waals surface area contributed by atoms with Crippen LogP contribution < -0.4 is 5.32 Å². The third-order valence-electron chi connectivity index (χ3n) is 3.30. The molecule has 0 aliphatic carbocycles. The van der Waals surface area contributed by atoms with Gasteiger partial charge < -0.3 is 9.88 Å². The number of rotatable bonds is 6. The molecule has 2 nitrogen and oxygen atoms in total. The largest absolute Gasteiger partial charge is 0.347 e. The highest BCUT2D eigenvalue weighted by Gasteiger charge is 2.02. The van der Waals surface area contributed by atoms with Crippen LogP contribution >= 0.6 is 0 Å². The zero-order valence-corrected chi connectivity index (χ0v) is 11.7. The molecule has 0 saturated carbocycles. The number of unbranched alkanes of at least 4 members (excludes halogenated alkanes) is 1. The number of hydrogen-bond donors (Lipinski definition) is 1. The van der Waals surface area contributed by atoms with Gasteiger partial charge in [-0.05, 0) is 35.6 Å². The Labute approximate surface area is 110 Å². The Bertz CT molecular complexity index is 497. The van der Waals surface area contributed by atoms with Crippen molar-refractivity contribution >= 4 is 10.9 Å². The molecule has 1 aromatic carbocycles. The van der Waals surface area contributed by atoms with Gasteiger partial charge in [-0.25, -0.2) is 0 Å². The van der Waals surface area contributed by atoms with Crippen LogP contribution in [-0.4, -0.2) is 10.6 Å². The zero-order chi connectivity index (χ0) is 13.0. The van der Waals surface area contributed by atoms with E-state index < -0.39 is 0 Å². The molecule has 0 spiro atoms. The molecule has 0 amide bonds. The molecule has 0 fully saturated rings. The van der Waals surface area contributed by atoms with Gasteiger partial charge in [-0.1, -0.05) is 33.3 Å². The van der Waals surface area contributed by atoms with Crippen LogP contribution in [0.3, 0.4) is 0 Å². The molecule has 2 aromatic rings. The van der Waals surface area contributed by atoms with Gasteiger partial charge in [-0.15, -0.1) is 0 Å². The highest BCUT2D eigenvalue weighted by molar-refractivity contribution is 5.80. The standard InChI is InChI=1S/C16H24N2/c1-4-5-9-18-10-8-15-11-14(6-7-16(15)18)12-17-13(2)3/h6-8,10-11,13,17H,4-5,9,12H2,1-3H3. The number of fused-ring (bicyclic) bond motifs is 1. The first-order valence-corrected chi connectivity index (χ1v) is 7.02. The van der Waals surface area contributed by atoms with Crippen molar-refractivity contribution in [2.45, 2.75) is 52.7 Å². The van der Waals surface area contributed by atoms with Gasteiger partial charge in [-0.3, -0.25) is 0 Å². The van der Waals surface area contributed by atoms with Gasteiger partial charge in [0.1, 0.15) is 0 Å². The first-order valence-electron chi connectivity index (χ1n) is 7.02. The molecule has 0 saturated heterocycles. The van der Waals surface area contributed by atoms with Crippen molar-refractivity contribution in [2.24, 2.45) is 0 Å². The number of aromatic nitrogens is 1. The Balaban J connectivity index is 2.14. The summed E-state index contributed by atoms with van der Waals surface area (Å²) in [4.78, 5) is 0. The molecule has 1 heterocycles. The van der Waals surface area contributed by atoms with E-state index in [1.807, 2.05) is 0 Å². The molecule has 0 aliphatic heterocycles. The highest BCUT2D eigenvalue weighted by Crippen LogP contribution is 2.18. The molecule has 0 atom stereocenters. The molecule has 1 N–H and O–H groups in total. The van der Waals surface area contributed by atoms with E-state index in [1.54, 1.807) is 0 Å². The molecular weight excluding hydrogens is 220 g/mol. The summed E-state index contributed by atoms with van der Waals surface area (Å²) in [6.45, 7) is 8.68. The van der Waals surface area contributed by atoms with Gasteiger partial charge in [-0.2, -0.15) is 0 Å². The van der Waals surface area contributed by atoms with E-state index >= 15 is 0 Å². The fraction of sp³-hybridized carbons (Fsp3) is 0.500. The van der Waals surface area contributed by atoms with E-state index in [0.29, 0.717) is 6.04 Å². The van der Waals surface area contributed by atoms with Gasteiger partial charge in [0.2, 0.25) is 0 Å². The summed E-state index contributed by atoms with van der Waals surface area (Å²) in [5.74, 6) is 0. The number of aryl methyl sites for hydroxylation is 1. The lowest BCUT2D eigenvalue weighted by Gasteiger charge is -2.09. The number of nitrogens with zero attached hydrogens (tertiary/aromatic N) is 1. The van der Waals surface area contributed by atoms with Crippen molar-refractivity contribution in [3.63, 3.8) is 0 Å². The normalized spacial score (nSPS) is 11.6. The van der Waals surface area contributed by atoms with E-state index in [1.165, 1.54) is 29.3 Å². The molecule has 0 bridgehead atoms. The fourth-order valence-corrected chi connectivity index (χ4v) is 2.20. The van der Waals surface area contributed by atoms with Crippen molar-refractivity contribution in [2.75, 3.05) is 0 Å². The fourth-order valence-electron chi connectivity index (χ4n) is 2.20. The average Bonchev–Trinajstić information content (AvgIpc) is 2.76. The Morgan fingerprint density at radius 1 is 1.22 bits per heavy atom. The number of benzene rings is 1. The molecular formula is C16H24N2. The van der Waals surface area contributed by atoms with Crippen molar-refractivity contribution < 1.29 is 0 Å². The summed E-state index contributed by atoms with van der Waals surface area (Å²) >= 11 is 0. The third-order valence-corrected chi connectivity index (χ3v) is 3.30. The lowest BCUT2D eigenvalue weighted by molar-refractivity contribution is 0.589. The minimum Gasteiger partial charge on any atom is -0.347 e. The first kappa shape index (κ1) is 13.2. The lowest BCUT2D eigenvalue weighted by atomic mass is 10.1. The Morgan fingerprint density at radius 3 is 2.78 bits per heavy atom. The van der Waals surface area contributed by atoms with E-state index in [0.717, 1.165) is 13.1 Å². The molecule has 0 radical (unpaired) electrons. The monoisotopic (exact) mass is 244 g/mol. The van der Waals surface area contributed by atoms with Gasteiger partial charge in [0.25, 0.3) is 0 Å². The first-order chi connectivity index (χ1) is 8.70. The third kappa shape index (κ3) is 3.14. The van der Waals surface area contributed by atoms with Crippen LogP contribution in [0.5, 0.6) is 0 Å². The number of hydrogen-bond acceptors (Lipinski definition) is 1. The Morgan fingerprint density at radius 2 is 2.06 bits per heavy atom. The smallest absolute Gasteiger partial charge is 0.0480 e. The average molecular weight is 244 g/mol. The zero-order valence-electron chi connectivity index (χ0n) is 11.7. The van der Waals surface area contributed by atoms with E-state index in [9.17, 15) is 0 Å². The molecule has 0 aliphatic rings. The van der Waals surface area contributed by atoms with Gasteiger partial charge >= 0.3 is 0 Å². The van der Waals surface area contributed by atoms with Crippen LogP contribution in [0, 0.1) is 0 Å². The number of nitrogens with one attached hydrogen (secondary N) is 1. The van der Waals surface area contributed by atoms with Gasteiger partial charge in [0, 0.05) is 30.8 Å². The molecule has 2 heteroatoms. The summed E-state index contributed by atoms with van der Waals surface area (Å²) in [5.41, 5.74) is 2.72. The van der Waals surface area contributed by atoms with Crippen LogP contribution in [-0.2, 0) is 13.1 Å². The lowest BCUT2D eigenvalue weighted by Crippen LogP contribution is -2.21. The highest BCUT2D eigenvalue weighted by atomic mass is 14.9. The SMILES string of the molecule is CCCCn1ccc2cc(CNC(C)C)ccc21. The molecule has 2 rings (SSSR count).